The molecule has 88 valence electrons. The molecule has 1 heterocycles. The van der Waals surface area contributed by atoms with Crippen LogP contribution in [0.25, 0.3) is 0 Å². The van der Waals surface area contributed by atoms with E-state index in [4.69, 9.17) is 0 Å². The zero-order valence-electron chi connectivity index (χ0n) is 9.79. The van der Waals surface area contributed by atoms with Gasteiger partial charge in [0.2, 0.25) is 5.91 Å². The van der Waals surface area contributed by atoms with Gasteiger partial charge in [-0.1, -0.05) is 13.8 Å². The molecule has 15 heavy (non-hydrogen) atoms. The van der Waals surface area contributed by atoms with E-state index in [9.17, 15) is 4.79 Å². The van der Waals surface area contributed by atoms with Crippen molar-refractivity contribution in [1.82, 2.24) is 10.2 Å². The standard InChI is InChI=1S/C11H22N2OS/c1-3-5-12-11(14)9-13-6-7-15-10(4-2)8-13/h10H,3-9H2,1-2H3,(H,12,14). The average Bonchev–Trinajstić information content (AvgIpc) is 2.26. The molecule has 0 bridgehead atoms. The quantitative estimate of drug-likeness (QED) is 0.773. The molecule has 1 saturated heterocycles. The molecule has 4 heteroatoms. The Bertz CT molecular complexity index is 199. The van der Waals surface area contributed by atoms with Crippen LogP contribution in [0.4, 0.5) is 0 Å². The predicted molar refractivity (Wildman–Crippen MR) is 66.3 cm³/mol. The molecule has 0 saturated carbocycles. The van der Waals surface area contributed by atoms with Crippen LogP contribution in [0.1, 0.15) is 26.7 Å². The van der Waals surface area contributed by atoms with Crippen molar-refractivity contribution in [2.75, 3.05) is 31.9 Å². The van der Waals surface area contributed by atoms with Crippen molar-refractivity contribution in [3.63, 3.8) is 0 Å². The van der Waals surface area contributed by atoms with Crippen LogP contribution in [0, 0.1) is 0 Å². The van der Waals surface area contributed by atoms with E-state index in [0.717, 1.165) is 31.3 Å². The fourth-order valence-corrected chi connectivity index (χ4v) is 2.94. The number of thioether (sulfide) groups is 1. The van der Waals surface area contributed by atoms with Gasteiger partial charge < -0.3 is 5.32 Å². The van der Waals surface area contributed by atoms with Crippen molar-refractivity contribution < 1.29 is 4.79 Å². The van der Waals surface area contributed by atoms with Crippen LogP contribution >= 0.6 is 11.8 Å². The highest BCUT2D eigenvalue weighted by atomic mass is 32.2. The molecule has 1 amide bonds. The minimum atomic E-state index is 0.179. The zero-order chi connectivity index (χ0) is 11.1. The van der Waals surface area contributed by atoms with Gasteiger partial charge in [-0.3, -0.25) is 9.69 Å². The van der Waals surface area contributed by atoms with Crippen LogP contribution in [-0.2, 0) is 4.79 Å². The van der Waals surface area contributed by atoms with Crippen LogP contribution in [0.5, 0.6) is 0 Å². The van der Waals surface area contributed by atoms with Gasteiger partial charge in [0, 0.05) is 30.6 Å². The molecule has 0 radical (unpaired) electrons. The topological polar surface area (TPSA) is 32.3 Å². The van der Waals surface area contributed by atoms with Gasteiger partial charge in [0.15, 0.2) is 0 Å². The van der Waals surface area contributed by atoms with Crippen molar-refractivity contribution in [3.05, 3.63) is 0 Å². The second-order valence-electron chi connectivity index (χ2n) is 3.99. The Morgan fingerprint density at radius 3 is 3.00 bits per heavy atom. The lowest BCUT2D eigenvalue weighted by Crippen LogP contribution is -2.44. The number of nitrogens with one attached hydrogen (secondary N) is 1. The maximum atomic E-state index is 11.5. The molecule has 1 unspecified atom stereocenters. The van der Waals surface area contributed by atoms with Crippen LogP contribution in [-0.4, -0.2) is 48.0 Å². The number of hydrogen-bond acceptors (Lipinski definition) is 3. The molecular weight excluding hydrogens is 208 g/mol. The second-order valence-corrected chi connectivity index (χ2v) is 5.39. The van der Waals surface area contributed by atoms with E-state index in [2.05, 4.69) is 24.1 Å². The summed E-state index contributed by atoms with van der Waals surface area (Å²) < 4.78 is 0. The van der Waals surface area contributed by atoms with E-state index < -0.39 is 0 Å². The minimum absolute atomic E-state index is 0.179. The summed E-state index contributed by atoms with van der Waals surface area (Å²) >= 11 is 2.04. The van der Waals surface area contributed by atoms with Gasteiger partial charge in [0.25, 0.3) is 0 Å². The van der Waals surface area contributed by atoms with Gasteiger partial charge in [0.05, 0.1) is 6.54 Å². The van der Waals surface area contributed by atoms with Gasteiger partial charge >= 0.3 is 0 Å². The molecular formula is C11H22N2OS. The Labute approximate surface area is 97.0 Å². The van der Waals surface area contributed by atoms with Crippen molar-refractivity contribution in [2.24, 2.45) is 0 Å². The number of hydrogen-bond donors (Lipinski definition) is 1. The first kappa shape index (κ1) is 12.8. The second kappa shape index (κ2) is 7.12. The van der Waals surface area contributed by atoms with Crippen LogP contribution in [0.15, 0.2) is 0 Å². The Balaban J connectivity index is 2.22. The lowest BCUT2D eigenvalue weighted by Gasteiger charge is -2.31. The number of nitrogens with zero attached hydrogens (tertiary/aromatic N) is 1. The zero-order valence-corrected chi connectivity index (χ0v) is 10.6. The number of rotatable bonds is 5. The molecule has 0 spiro atoms. The summed E-state index contributed by atoms with van der Waals surface area (Å²) in [6.45, 7) is 7.81. The van der Waals surface area contributed by atoms with Crippen molar-refractivity contribution in [2.45, 2.75) is 31.9 Å². The number of carbonyl (C=O) groups excluding carboxylic acids is 1. The number of amides is 1. The van der Waals surface area contributed by atoms with Crippen molar-refractivity contribution in [3.8, 4) is 0 Å². The van der Waals surface area contributed by atoms with Crippen LogP contribution in [0.2, 0.25) is 0 Å². The first-order chi connectivity index (χ1) is 7.26. The Kier molecular flexibility index (Phi) is 6.10. The molecule has 0 aliphatic carbocycles. The predicted octanol–water partition coefficient (Wildman–Crippen LogP) is 1.34. The first-order valence-electron chi connectivity index (χ1n) is 5.87. The van der Waals surface area contributed by atoms with Crippen LogP contribution in [0.3, 0.4) is 0 Å². The van der Waals surface area contributed by atoms with E-state index in [0.29, 0.717) is 6.54 Å². The third-order valence-electron chi connectivity index (χ3n) is 2.62. The highest BCUT2D eigenvalue weighted by molar-refractivity contribution is 8.00. The molecule has 1 aliphatic rings. The Morgan fingerprint density at radius 1 is 1.53 bits per heavy atom. The maximum Gasteiger partial charge on any atom is 0.234 e. The highest BCUT2D eigenvalue weighted by Crippen LogP contribution is 2.20. The first-order valence-corrected chi connectivity index (χ1v) is 6.91. The molecule has 1 rings (SSSR count). The molecule has 1 aliphatic heterocycles. The monoisotopic (exact) mass is 230 g/mol. The van der Waals surface area contributed by atoms with E-state index in [1.165, 1.54) is 12.2 Å². The minimum Gasteiger partial charge on any atom is -0.355 e. The Hall–Kier alpha value is -0.220. The van der Waals surface area contributed by atoms with Gasteiger partial charge in [-0.25, -0.2) is 0 Å². The third kappa shape index (κ3) is 4.89. The molecule has 1 fully saturated rings. The summed E-state index contributed by atoms with van der Waals surface area (Å²) in [5.41, 5.74) is 0. The summed E-state index contributed by atoms with van der Waals surface area (Å²) in [5, 5.41) is 3.65. The van der Waals surface area contributed by atoms with Gasteiger partial charge in [-0.15, -0.1) is 0 Å². The maximum absolute atomic E-state index is 11.5. The van der Waals surface area contributed by atoms with E-state index in [1.807, 2.05) is 11.8 Å². The van der Waals surface area contributed by atoms with Gasteiger partial charge in [0.1, 0.15) is 0 Å². The normalized spacial score (nSPS) is 22.7. The molecule has 0 aromatic heterocycles. The van der Waals surface area contributed by atoms with Gasteiger partial charge in [-0.05, 0) is 12.8 Å². The lowest BCUT2D eigenvalue weighted by molar-refractivity contribution is -0.122. The summed E-state index contributed by atoms with van der Waals surface area (Å²) in [5.74, 6) is 1.35. The number of carbonyl (C=O) groups is 1. The highest BCUT2D eigenvalue weighted by Gasteiger charge is 2.20. The van der Waals surface area contributed by atoms with E-state index >= 15 is 0 Å². The van der Waals surface area contributed by atoms with Crippen molar-refractivity contribution in [1.29, 1.82) is 0 Å². The summed E-state index contributed by atoms with van der Waals surface area (Å²) in [6.07, 6.45) is 2.22. The summed E-state index contributed by atoms with van der Waals surface area (Å²) in [4.78, 5) is 13.8. The van der Waals surface area contributed by atoms with Gasteiger partial charge in [-0.2, -0.15) is 11.8 Å². The third-order valence-corrected chi connectivity index (χ3v) is 3.99. The average molecular weight is 230 g/mol. The molecule has 3 nitrogen and oxygen atoms in total. The lowest BCUT2D eigenvalue weighted by atomic mass is 10.3. The summed E-state index contributed by atoms with van der Waals surface area (Å²) in [7, 11) is 0. The molecule has 0 aromatic rings. The largest absolute Gasteiger partial charge is 0.355 e. The molecule has 1 N–H and O–H groups in total. The van der Waals surface area contributed by atoms with E-state index in [-0.39, 0.29) is 5.91 Å². The molecule has 1 atom stereocenters. The summed E-state index contributed by atoms with van der Waals surface area (Å²) in [6, 6.07) is 0. The Morgan fingerprint density at radius 2 is 2.33 bits per heavy atom. The fraction of sp³-hybridized carbons (Fsp3) is 0.909. The van der Waals surface area contributed by atoms with Crippen LogP contribution < -0.4 is 5.32 Å². The molecule has 0 aromatic carbocycles. The smallest absolute Gasteiger partial charge is 0.234 e. The van der Waals surface area contributed by atoms with E-state index in [1.54, 1.807) is 0 Å². The fourth-order valence-electron chi connectivity index (χ4n) is 1.69. The van der Waals surface area contributed by atoms with Crippen molar-refractivity contribution >= 4 is 17.7 Å². The SMILES string of the molecule is CCCNC(=O)CN1CCSC(CC)C1.